The van der Waals surface area contributed by atoms with Gasteiger partial charge < -0.3 is 5.32 Å². The Bertz CT molecular complexity index is 575. The van der Waals surface area contributed by atoms with Gasteiger partial charge in [0.05, 0.1) is 10.6 Å². The van der Waals surface area contributed by atoms with Crippen molar-refractivity contribution in [2.45, 2.75) is 13.1 Å². The number of aromatic nitrogens is 1. The quantitative estimate of drug-likeness (QED) is 0.663. The molecule has 6 heteroatoms. The van der Waals surface area contributed by atoms with Gasteiger partial charge in [-0.25, -0.2) is 0 Å². The van der Waals surface area contributed by atoms with Gasteiger partial charge in [-0.1, -0.05) is 18.2 Å². The number of halogens is 1. The predicted octanol–water partition coefficient (Wildman–Crippen LogP) is 2.42. The second kappa shape index (κ2) is 6.01. The Kier molecular flexibility index (Phi) is 4.15. The number of hydrogen-bond acceptors (Lipinski definition) is 4. The van der Waals surface area contributed by atoms with Crippen LogP contribution in [0.3, 0.4) is 0 Å². The van der Waals surface area contributed by atoms with E-state index in [2.05, 4.69) is 10.3 Å². The molecule has 0 saturated heterocycles. The fourth-order valence-electron chi connectivity index (χ4n) is 1.67. The van der Waals surface area contributed by atoms with Gasteiger partial charge in [-0.05, 0) is 12.1 Å². The van der Waals surface area contributed by atoms with Gasteiger partial charge >= 0.3 is 5.69 Å². The zero-order chi connectivity index (χ0) is 13.7. The lowest BCUT2D eigenvalue weighted by atomic mass is 10.2. The molecule has 0 aliphatic rings. The van der Waals surface area contributed by atoms with Gasteiger partial charge in [0.25, 0.3) is 0 Å². The van der Waals surface area contributed by atoms with Gasteiger partial charge in [0.2, 0.25) is 5.82 Å². The van der Waals surface area contributed by atoms with Crippen LogP contribution in [-0.2, 0) is 13.1 Å². The maximum absolute atomic E-state index is 13.8. The minimum absolute atomic E-state index is 0.212. The lowest BCUT2D eigenvalue weighted by Crippen LogP contribution is -2.15. The second-order valence-electron chi connectivity index (χ2n) is 3.93. The molecule has 0 unspecified atom stereocenters. The van der Waals surface area contributed by atoms with E-state index in [0.717, 1.165) is 11.8 Å². The molecule has 19 heavy (non-hydrogen) atoms. The van der Waals surface area contributed by atoms with Crippen LogP contribution in [0, 0.1) is 15.9 Å². The number of benzene rings is 1. The van der Waals surface area contributed by atoms with Crippen LogP contribution in [0.2, 0.25) is 0 Å². The van der Waals surface area contributed by atoms with Gasteiger partial charge in [0, 0.05) is 30.9 Å². The van der Waals surface area contributed by atoms with Gasteiger partial charge in [-0.3, -0.25) is 15.1 Å². The lowest BCUT2D eigenvalue weighted by molar-refractivity contribution is -0.387. The molecule has 0 fully saturated rings. The molecule has 1 aromatic carbocycles. The minimum Gasteiger partial charge on any atom is -0.307 e. The zero-order valence-corrected chi connectivity index (χ0v) is 10.0. The number of hydrogen-bond donors (Lipinski definition) is 1. The van der Waals surface area contributed by atoms with E-state index in [1.165, 1.54) is 12.1 Å². The van der Waals surface area contributed by atoms with E-state index < -0.39 is 16.4 Å². The van der Waals surface area contributed by atoms with Crippen LogP contribution < -0.4 is 5.32 Å². The van der Waals surface area contributed by atoms with E-state index in [4.69, 9.17) is 0 Å². The van der Waals surface area contributed by atoms with Gasteiger partial charge in [-0.15, -0.1) is 0 Å². The number of nitro groups is 1. The fourth-order valence-corrected chi connectivity index (χ4v) is 1.67. The molecule has 0 amide bonds. The summed E-state index contributed by atoms with van der Waals surface area (Å²) in [7, 11) is 0. The van der Waals surface area contributed by atoms with Crippen LogP contribution in [-0.4, -0.2) is 9.91 Å². The van der Waals surface area contributed by atoms with Crippen molar-refractivity contribution >= 4 is 5.69 Å². The Hall–Kier alpha value is -2.34. The molecule has 2 aromatic rings. The lowest BCUT2D eigenvalue weighted by Gasteiger charge is -2.05. The van der Waals surface area contributed by atoms with Gasteiger partial charge in [0.1, 0.15) is 0 Å². The minimum atomic E-state index is -0.791. The van der Waals surface area contributed by atoms with Crippen LogP contribution in [0.25, 0.3) is 0 Å². The van der Waals surface area contributed by atoms with Crippen molar-refractivity contribution in [3.05, 3.63) is 69.8 Å². The van der Waals surface area contributed by atoms with Crippen molar-refractivity contribution in [1.29, 1.82) is 0 Å². The molecule has 0 aliphatic carbocycles. The van der Waals surface area contributed by atoms with Crippen molar-refractivity contribution in [3.8, 4) is 0 Å². The molecule has 98 valence electrons. The standard InChI is InChI=1S/C13H12FN3O2/c14-13-10(4-3-6-12(13)17(18)19)8-15-9-11-5-1-2-7-16-11/h1-7,15H,8-9H2. The second-order valence-corrected chi connectivity index (χ2v) is 3.93. The van der Waals surface area contributed by atoms with Gasteiger partial charge in [0.15, 0.2) is 0 Å². The Morgan fingerprint density at radius 2 is 2.05 bits per heavy atom. The number of nitro benzene ring substituents is 1. The number of nitrogens with one attached hydrogen (secondary N) is 1. The molecule has 0 bridgehead atoms. The molecule has 2 rings (SSSR count). The highest BCUT2D eigenvalue weighted by atomic mass is 19.1. The van der Waals surface area contributed by atoms with Crippen LogP contribution in [0.1, 0.15) is 11.3 Å². The topological polar surface area (TPSA) is 68.1 Å². The molecular formula is C13H12FN3O2. The largest absolute Gasteiger partial charge is 0.307 e. The average Bonchev–Trinajstić information content (AvgIpc) is 2.41. The molecule has 1 heterocycles. The van der Waals surface area contributed by atoms with Crippen molar-refractivity contribution in [1.82, 2.24) is 10.3 Å². The summed E-state index contributed by atoms with van der Waals surface area (Å²) < 4.78 is 13.8. The predicted molar refractivity (Wildman–Crippen MR) is 67.8 cm³/mol. The maximum Gasteiger partial charge on any atom is 0.305 e. The molecule has 5 nitrogen and oxygen atoms in total. The first-order chi connectivity index (χ1) is 9.18. The van der Waals surface area contributed by atoms with E-state index in [-0.39, 0.29) is 12.1 Å². The van der Waals surface area contributed by atoms with E-state index in [1.807, 2.05) is 18.2 Å². The first-order valence-electron chi connectivity index (χ1n) is 5.71. The van der Waals surface area contributed by atoms with Crippen LogP contribution in [0.5, 0.6) is 0 Å². The zero-order valence-electron chi connectivity index (χ0n) is 10.0. The van der Waals surface area contributed by atoms with E-state index in [9.17, 15) is 14.5 Å². The Balaban J connectivity index is 2.00. The third kappa shape index (κ3) is 3.32. The summed E-state index contributed by atoms with van der Waals surface area (Å²) in [4.78, 5) is 14.0. The number of pyridine rings is 1. The highest BCUT2D eigenvalue weighted by molar-refractivity contribution is 5.36. The normalized spacial score (nSPS) is 10.4. The third-order valence-electron chi connectivity index (χ3n) is 2.60. The Labute approximate surface area is 109 Å². The monoisotopic (exact) mass is 261 g/mol. The van der Waals surface area contributed by atoms with E-state index >= 15 is 0 Å². The SMILES string of the molecule is O=[N+]([O-])c1cccc(CNCc2ccccn2)c1F. The Morgan fingerprint density at radius 3 is 2.74 bits per heavy atom. The summed E-state index contributed by atoms with van der Waals surface area (Å²) in [6, 6.07) is 9.66. The van der Waals surface area contributed by atoms with Crippen LogP contribution >= 0.6 is 0 Å². The Morgan fingerprint density at radius 1 is 1.21 bits per heavy atom. The molecule has 1 aromatic heterocycles. The molecule has 0 aliphatic heterocycles. The van der Waals surface area contributed by atoms with Crippen molar-refractivity contribution in [3.63, 3.8) is 0 Å². The average molecular weight is 261 g/mol. The summed E-state index contributed by atoms with van der Waals surface area (Å²) in [6.45, 7) is 0.688. The number of nitrogens with zero attached hydrogens (tertiary/aromatic N) is 2. The molecule has 0 saturated carbocycles. The van der Waals surface area contributed by atoms with Crippen molar-refractivity contribution in [2.75, 3.05) is 0 Å². The summed E-state index contributed by atoms with van der Waals surface area (Å²) in [5, 5.41) is 13.6. The first kappa shape index (κ1) is 13.1. The van der Waals surface area contributed by atoms with Crippen LogP contribution in [0.4, 0.5) is 10.1 Å². The van der Waals surface area contributed by atoms with E-state index in [1.54, 1.807) is 6.20 Å². The summed E-state index contributed by atoms with van der Waals surface area (Å²) in [5.74, 6) is -0.791. The highest BCUT2D eigenvalue weighted by Crippen LogP contribution is 2.19. The van der Waals surface area contributed by atoms with Crippen molar-refractivity contribution in [2.24, 2.45) is 0 Å². The first-order valence-corrected chi connectivity index (χ1v) is 5.71. The molecular weight excluding hydrogens is 249 g/mol. The highest BCUT2D eigenvalue weighted by Gasteiger charge is 2.16. The molecule has 0 spiro atoms. The third-order valence-corrected chi connectivity index (χ3v) is 2.60. The van der Waals surface area contributed by atoms with Gasteiger partial charge in [-0.2, -0.15) is 4.39 Å². The smallest absolute Gasteiger partial charge is 0.305 e. The van der Waals surface area contributed by atoms with Crippen molar-refractivity contribution < 1.29 is 9.31 Å². The van der Waals surface area contributed by atoms with E-state index in [0.29, 0.717) is 6.54 Å². The van der Waals surface area contributed by atoms with Crippen LogP contribution in [0.15, 0.2) is 42.6 Å². The fraction of sp³-hybridized carbons (Fsp3) is 0.154. The molecule has 0 atom stereocenters. The summed E-state index contributed by atoms with van der Waals surface area (Å²) in [6.07, 6.45) is 1.67. The summed E-state index contributed by atoms with van der Waals surface area (Å²) >= 11 is 0. The maximum atomic E-state index is 13.8. The number of rotatable bonds is 5. The summed E-state index contributed by atoms with van der Waals surface area (Å²) in [5.41, 5.74) is 0.593. The molecule has 0 radical (unpaired) electrons. The molecule has 1 N–H and O–H groups in total.